The van der Waals surface area contributed by atoms with Gasteiger partial charge in [-0.1, -0.05) is 24.3 Å². The predicted molar refractivity (Wildman–Crippen MR) is 127 cm³/mol. The summed E-state index contributed by atoms with van der Waals surface area (Å²) in [4.78, 5) is 37.0. The van der Waals surface area contributed by atoms with Crippen LogP contribution in [0.5, 0.6) is 0 Å². The van der Waals surface area contributed by atoms with Crippen LogP contribution in [0.15, 0.2) is 41.8 Å². The van der Waals surface area contributed by atoms with E-state index in [1.807, 2.05) is 48.7 Å². The largest absolute Gasteiger partial charge is 0.273 e. The molecule has 3 unspecified atom stereocenters. The van der Waals surface area contributed by atoms with Crippen molar-refractivity contribution >= 4 is 45.2 Å². The summed E-state index contributed by atoms with van der Waals surface area (Å²) >= 11 is 2.97. The van der Waals surface area contributed by atoms with Crippen LogP contribution < -0.4 is 9.96 Å². The van der Waals surface area contributed by atoms with Gasteiger partial charge in [0.05, 0.1) is 11.3 Å². The minimum atomic E-state index is -0.908. The average Bonchev–Trinajstić information content (AvgIpc) is 3.58. The number of anilines is 2. The Labute approximate surface area is 199 Å². The van der Waals surface area contributed by atoms with Gasteiger partial charge in [0, 0.05) is 9.75 Å². The SMILES string of the molecule is Cc1ccccc1N1OC2C(=O)N(c3sc4c(c3C#N)CCCC4)C(=O)C2C1c1cccs1. The highest BCUT2D eigenvalue weighted by atomic mass is 32.1. The van der Waals surface area contributed by atoms with Gasteiger partial charge in [0.25, 0.3) is 5.91 Å². The molecule has 0 saturated carbocycles. The van der Waals surface area contributed by atoms with Crippen molar-refractivity contribution in [1.29, 1.82) is 5.26 Å². The molecule has 8 heteroatoms. The maximum Gasteiger partial charge on any atom is 0.267 e. The first-order valence-corrected chi connectivity index (χ1v) is 12.8. The number of fused-ring (bicyclic) bond motifs is 2. The van der Waals surface area contributed by atoms with Gasteiger partial charge in [-0.25, -0.2) is 9.96 Å². The fraction of sp³-hybridized carbons (Fsp3) is 0.320. The van der Waals surface area contributed by atoms with Crippen molar-refractivity contribution < 1.29 is 14.4 Å². The van der Waals surface area contributed by atoms with E-state index in [4.69, 9.17) is 4.84 Å². The van der Waals surface area contributed by atoms with E-state index in [1.165, 1.54) is 16.2 Å². The number of aryl methyl sites for hydroxylation is 2. The highest BCUT2D eigenvalue weighted by Crippen LogP contribution is 2.51. The summed E-state index contributed by atoms with van der Waals surface area (Å²) in [6, 6.07) is 13.6. The Bertz CT molecular complexity index is 1310. The van der Waals surface area contributed by atoms with Crippen molar-refractivity contribution in [2.45, 2.75) is 44.8 Å². The number of carbonyl (C=O) groups is 2. The molecule has 3 aliphatic rings. The third-order valence-electron chi connectivity index (χ3n) is 6.77. The molecule has 2 amide bonds. The van der Waals surface area contributed by atoms with Crippen LogP contribution in [-0.2, 0) is 27.3 Å². The van der Waals surface area contributed by atoms with E-state index in [2.05, 4.69) is 6.07 Å². The van der Waals surface area contributed by atoms with Crippen molar-refractivity contribution in [3.63, 3.8) is 0 Å². The first-order valence-electron chi connectivity index (χ1n) is 11.1. The predicted octanol–water partition coefficient (Wildman–Crippen LogP) is 4.92. The quantitative estimate of drug-likeness (QED) is 0.503. The summed E-state index contributed by atoms with van der Waals surface area (Å²) in [5.41, 5.74) is 3.36. The Morgan fingerprint density at radius 3 is 2.67 bits per heavy atom. The van der Waals surface area contributed by atoms with E-state index in [0.29, 0.717) is 10.6 Å². The fourth-order valence-corrected chi connectivity index (χ4v) is 7.41. The van der Waals surface area contributed by atoms with E-state index in [0.717, 1.165) is 52.3 Å². The first kappa shape index (κ1) is 20.6. The summed E-state index contributed by atoms with van der Waals surface area (Å²) < 4.78 is 0. The van der Waals surface area contributed by atoms with E-state index < -0.39 is 18.1 Å². The second-order valence-corrected chi connectivity index (χ2v) is 10.7. The summed E-state index contributed by atoms with van der Waals surface area (Å²) in [6.07, 6.45) is 2.91. The second-order valence-electron chi connectivity index (χ2n) is 8.64. The third-order valence-corrected chi connectivity index (χ3v) is 8.99. The molecule has 4 heterocycles. The molecule has 33 heavy (non-hydrogen) atoms. The van der Waals surface area contributed by atoms with Crippen LogP contribution in [0, 0.1) is 24.2 Å². The van der Waals surface area contributed by atoms with Crippen molar-refractivity contribution in [1.82, 2.24) is 0 Å². The van der Waals surface area contributed by atoms with Crippen LogP contribution in [0.4, 0.5) is 10.7 Å². The lowest BCUT2D eigenvalue weighted by Gasteiger charge is -2.28. The summed E-state index contributed by atoms with van der Waals surface area (Å²) in [5.74, 6) is -1.33. The van der Waals surface area contributed by atoms with Crippen molar-refractivity contribution in [3.8, 4) is 6.07 Å². The fourth-order valence-electron chi connectivity index (χ4n) is 5.21. The van der Waals surface area contributed by atoms with Crippen LogP contribution >= 0.6 is 22.7 Å². The second kappa shape index (κ2) is 7.80. The molecule has 6 nitrogen and oxygen atoms in total. The topological polar surface area (TPSA) is 73.6 Å². The van der Waals surface area contributed by atoms with Crippen LogP contribution in [0.1, 0.15) is 45.3 Å². The Morgan fingerprint density at radius 1 is 1.09 bits per heavy atom. The molecule has 1 aliphatic carbocycles. The number of hydrogen-bond acceptors (Lipinski definition) is 7. The maximum atomic E-state index is 13.8. The van der Waals surface area contributed by atoms with Gasteiger partial charge in [-0.3, -0.25) is 14.4 Å². The number of amides is 2. The third kappa shape index (κ3) is 3.00. The molecular weight excluding hydrogens is 454 g/mol. The summed E-state index contributed by atoms with van der Waals surface area (Å²) in [7, 11) is 0. The molecule has 0 N–H and O–H groups in total. The number of hydroxylamine groups is 1. The van der Waals surface area contributed by atoms with Gasteiger partial charge < -0.3 is 0 Å². The van der Waals surface area contributed by atoms with Crippen molar-refractivity contribution in [2.24, 2.45) is 5.92 Å². The maximum absolute atomic E-state index is 13.8. The van der Waals surface area contributed by atoms with Gasteiger partial charge in [-0.05, 0) is 61.2 Å². The molecule has 2 aromatic heterocycles. The molecule has 2 fully saturated rings. The number of carbonyl (C=O) groups excluding carboxylic acids is 2. The normalized spacial score (nSPS) is 24.2. The number of benzene rings is 1. The molecule has 166 valence electrons. The van der Waals surface area contributed by atoms with E-state index in [9.17, 15) is 14.9 Å². The standard InChI is InChI=1S/C25H21N3O3S2/c1-14-7-2-4-9-17(14)28-21(19-11-6-12-32-19)20-22(31-28)24(30)27(23(20)29)25-16(13-26)15-8-3-5-10-18(15)33-25/h2,4,6-7,9,11-12,20-22H,3,5,8,10H2,1H3. The lowest BCUT2D eigenvalue weighted by Crippen LogP contribution is -2.37. The average molecular weight is 476 g/mol. The molecule has 2 aliphatic heterocycles. The van der Waals surface area contributed by atoms with Gasteiger partial charge in [0.1, 0.15) is 23.0 Å². The zero-order valence-corrected chi connectivity index (χ0v) is 19.6. The highest BCUT2D eigenvalue weighted by Gasteiger charge is 2.61. The molecule has 0 radical (unpaired) electrons. The Hall–Kier alpha value is -2.99. The molecule has 3 aromatic rings. The smallest absolute Gasteiger partial charge is 0.267 e. The number of hydrogen-bond donors (Lipinski definition) is 0. The number of para-hydroxylation sites is 1. The van der Waals surface area contributed by atoms with Crippen LogP contribution in [-0.4, -0.2) is 17.9 Å². The number of nitriles is 1. The minimum absolute atomic E-state index is 0.283. The van der Waals surface area contributed by atoms with Gasteiger partial charge in [-0.15, -0.1) is 22.7 Å². The number of nitrogens with zero attached hydrogens (tertiary/aromatic N) is 3. The monoisotopic (exact) mass is 475 g/mol. The van der Waals surface area contributed by atoms with Crippen molar-refractivity contribution in [3.05, 3.63) is 68.2 Å². The van der Waals surface area contributed by atoms with E-state index in [1.54, 1.807) is 16.4 Å². The lowest BCUT2D eigenvalue weighted by molar-refractivity contribution is -0.126. The summed E-state index contributed by atoms with van der Waals surface area (Å²) in [5, 5.41) is 14.1. The van der Waals surface area contributed by atoms with Gasteiger partial charge in [0.15, 0.2) is 6.10 Å². The molecule has 3 atom stereocenters. The summed E-state index contributed by atoms with van der Waals surface area (Å²) in [6.45, 7) is 1.99. The zero-order chi connectivity index (χ0) is 22.7. The van der Waals surface area contributed by atoms with Crippen molar-refractivity contribution in [2.75, 3.05) is 9.96 Å². The number of thiophene rings is 2. The van der Waals surface area contributed by atoms with Gasteiger partial charge in [0.2, 0.25) is 5.91 Å². The zero-order valence-electron chi connectivity index (χ0n) is 18.0. The van der Waals surface area contributed by atoms with E-state index in [-0.39, 0.29) is 11.8 Å². The molecule has 6 rings (SSSR count). The lowest BCUT2D eigenvalue weighted by atomic mass is 9.95. The Kier molecular flexibility index (Phi) is 4.87. The molecule has 0 bridgehead atoms. The van der Waals surface area contributed by atoms with Gasteiger partial charge >= 0.3 is 0 Å². The van der Waals surface area contributed by atoms with E-state index >= 15 is 0 Å². The minimum Gasteiger partial charge on any atom is -0.273 e. The Balaban J connectivity index is 1.44. The molecular formula is C25H21N3O3S2. The Morgan fingerprint density at radius 2 is 1.91 bits per heavy atom. The number of imide groups is 1. The van der Waals surface area contributed by atoms with Crippen LogP contribution in [0.25, 0.3) is 0 Å². The van der Waals surface area contributed by atoms with Gasteiger partial charge in [-0.2, -0.15) is 5.26 Å². The number of rotatable bonds is 3. The molecule has 1 aromatic carbocycles. The first-order chi connectivity index (χ1) is 16.1. The van der Waals surface area contributed by atoms with Crippen LogP contribution in [0.3, 0.4) is 0 Å². The molecule has 2 saturated heterocycles. The van der Waals surface area contributed by atoms with Crippen LogP contribution in [0.2, 0.25) is 0 Å². The molecule has 0 spiro atoms. The highest BCUT2D eigenvalue weighted by molar-refractivity contribution is 7.17.